The lowest BCUT2D eigenvalue weighted by Crippen LogP contribution is -2.53. The van der Waals surface area contributed by atoms with Crippen molar-refractivity contribution < 1.29 is 22.7 Å². The summed E-state index contributed by atoms with van der Waals surface area (Å²) in [6, 6.07) is -0.530. The van der Waals surface area contributed by atoms with E-state index in [1.165, 1.54) is 7.11 Å². The smallest absolute Gasteiger partial charge is 0.380 e. The van der Waals surface area contributed by atoms with Gasteiger partial charge in [0.05, 0.1) is 6.10 Å². The highest BCUT2D eigenvalue weighted by Gasteiger charge is 2.40. The molecule has 0 radical (unpaired) electrons. The highest BCUT2D eigenvalue weighted by Crippen LogP contribution is 2.15. The van der Waals surface area contributed by atoms with Crippen molar-refractivity contribution in [3.8, 4) is 0 Å². The standard InChI is InChI=1S/C8H13F3N2O2/c1-15-6-2-5(3-12-4-6)13-7(14)8(9,10)11/h5-6,12H,2-4H2,1H3,(H,13,14). The van der Waals surface area contributed by atoms with Crippen molar-refractivity contribution in [2.45, 2.75) is 24.7 Å². The summed E-state index contributed by atoms with van der Waals surface area (Å²) >= 11 is 0. The molecule has 1 amide bonds. The number of carbonyl (C=O) groups excluding carboxylic acids is 1. The third kappa shape index (κ3) is 3.67. The van der Waals surface area contributed by atoms with Gasteiger partial charge in [-0.15, -0.1) is 0 Å². The molecule has 0 saturated carbocycles. The van der Waals surface area contributed by atoms with Crippen LogP contribution in [0.25, 0.3) is 0 Å². The van der Waals surface area contributed by atoms with Gasteiger partial charge in [0.2, 0.25) is 0 Å². The Bertz CT molecular complexity index is 232. The van der Waals surface area contributed by atoms with Gasteiger partial charge in [-0.3, -0.25) is 4.79 Å². The molecule has 0 aromatic heterocycles. The van der Waals surface area contributed by atoms with E-state index in [0.717, 1.165) is 0 Å². The first kappa shape index (κ1) is 12.3. The quantitative estimate of drug-likeness (QED) is 0.699. The molecule has 1 rings (SSSR count). The maximum Gasteiger partial charge on any atom is 0.471 e. The van der Waals surface area contributed by atoms with Crippen LogP contribution in [-0.2, 0) is 9.53 Å². The van der Waals surface area contributed by atoms with Gasteiger partial charge >= 0.3 is 12.1 Å². The highest BCUT2D eigenvalue weighted by molar-refractivity contribution is 5.81. The van der Waals surface area contributed by atoms with E-state index >= 15 is 0 Å². The monoisotopic (exact) mass is 226 g/mol. The molecule has 2 atom stereocenters. The van der Waals surface area contributed by atoms with Crippen LogP contribution in [0.3, 0.4) is 0 Å². The number of halogens is 3. The second-order valence-corrected chi connectivity index (χ2v) is 3.42. The molecule has 1 aliphatic rings. The average Bonchev–Trinajstić information content (AvgIpc) is 2.16. The fourth-order valence-electron chi connectivity index (χ4n) is 1.46. The lowest BCUT2D eigenvalue weighted by molar-refractivity contribution is -0.174. The van der Waals surface area contributed by atoms with E-state index in [-0.39, 0.29) is 6.10 Å². The van der Waals surface area contributed by atoms with E-state index in [2.05, 4.69) is 5.32 Å². The molecular formula is C8H13F3N2O2. The van der Waals surface area contributed by atoms with Gasteiger partial charge < -0.3 is 15.4 Å². The largest absolute Gasteiger partial charge is 0.471 e. The highest BCUT2D eigenvalue weighted by atomic mass is 19.4. The normalized spacial score (nSPS) is 27.5. The van der Waals surface area contributed by atoms with E-state index in [9.17, 15) is 18.0 Å². The third-order valence-corrected chi connectivity index (χ3v) is 2.24. The molecule has 1 heterocycles. The number of piperidine rings is 1. The van der Waals surface area contributed by atoms with Crippen LogP contribution in [0.15, 0.2) is 0 Å². The molecule has 1 fully saturated rings. The number of ether oxygens (including phenoxy) is 1. The number of hydrogen-bond acceptors (Lipinski definition) is 3. The van der Waals surface area contributed by atoms with Crippen LogP contribution >= 0.6 is 0 Å². The zero-order chi connectivity index (χ0) is 11.5. The summed E-state index contributed by atoms with van der Waals surface area (Å²) in [5.74, 6) is -1.90. The zero-order valence-electron chi connectivity index (χ0n) is 8.23. The van der Waals surface area contributed by atoms with Crippen molar-refractivity contribution in [2.75, 3.05) is 20.2 Å². The summed E-state index contributed by atoms with van der Waals surface area (Å²) in [6.45, 7) is 0.927. The van der Waals surface area contributed by atoms with Crippen molar-refractivity contribution in [1.29, 1.82) is 0 Å². The Hall–Kier alpha value is -0.820. The molecule has 7 heteroatoms. The first-order valence-electron chi connectivity index (χ1n) is 4.54. The van der Waals surface area contributed by atoms with E-state index < -0.39 is 18.1 Å². The fraction of sp³-hybridized carbons (Fsp3) is 0.875. The predicted octanol–water partition coefficient (Wildman–Crippen LogP) is 0.0418. The summed E-state index contributed by atoms with van der Waals surface area (Å²) in [5, 5.41) is 4.80. The second-order valence-electron chi connectivity index (χ2n) is 3.42. The van der Waals surface area contributed by atoms with Crippen molar-refractivity contribution in [1.82, 2.24) is 10.6 Å². The van der Waals surface area contributed by atoms with E-state index in [1.54, 1.807) is 0 Å². The number of amides is 1. The Morgan fingerprint density at radius 2 is 2.13 bits per heavy atom. The van der Waals surface area contributed by atoms with Crippen LogP contribution in [-0.4, -0.2) is 44.4 Å². The molecule has 1 aliphatic heterocycles. The van der Waals surface area contributed by atoms with Crippen molar-refractivity contribution in [3.05, 3.63) is 0 Å². The first-order chi connectivity index (χ1) is 6.93. The summed E-state index contributed by atoms with van der Waals surface area (Å²) in [6.07, 6.45) is -4.58. The molecule has 88 valence electrons. The molecule has 0 aromatic carbocycles. The first-order valence-corrected chi connectivity index (χ1v) is 4.54. The second kappa shape index (κ2) is 4.80. The molecule has 2 N–H and O–H groups in total. The van der Waals surface area contributed by atoms with Gasteiger partial charge in [-0.2, -0.15) is 13.2 Å². The molecule has 0 bridgehead atoms. The van der Waals surface area contributed by atoms with Crippen LogP contribution in [0.4, 0.5) is 13.2 Å². The van der Waals surface area contributed by atoms with Gasteiger partial charge in [0.15, 0.2) is 0 Å². The molecule has 0 aromatic rings. The third-order valence-electron chi connectivity index (χ3n) is 2.24. The van der Waals surface area contributed by atoms with E-state index in [0.29, 0.717) is 19.5 Å². The minimum absolute atomic E-state index is 0.155. The maximum atomic E-state index is 11.9. The molecule has 0 spiro atoms. The molecule has 15 heavy (non-hydrogen) atoms. The lowest BCUT2D eigenvalue weighted by Gasteiger charge is -2.29. The van der Waals surface area contributed by atoms with Gasteiger partial charge in [-0.25, -0.2) is 0 Å². The van der Waals surface area contributed by atoms with Gasteiger partial charge in [0.25, 0.3) is 0 Å². The Balaban J connectivity index is 2.41. The number of hydrogen-bond donors (Lipinski definition) is 2. The Morgan fingerprint density at radius 1 is 1.47 bits per heavy atom. The maximum absolute atomic E-state index is 11.9. The summed E-state index contributed by atoms with van der Waals surface area (Å²) in [5.41, 5.74) is 0. The zero-order valence-corrected chi connectivity index (χ0v) is 8.23. The molecule has 1 saturated heterocycles. The average molecular weight is 226 g/mol. The van der Waals surface area contributed by atoms with Gasteiger partial charge in [-0.1, -0.05) is 0 Å². The van der Waals surface area contributed by atoms with E-state index in [1.807, 2.05) is 5.32 Å². The number of methoxy groups -OCH3 is 1. The minimum atomic E-state index is -4.82. The summed E-state index contributed by atoms with van der Waals surface area (Å²) < 4.78 is 40.8. The van der Waals surface area contributed by atoms with Crippen molar-refractivity contribution >= 4 is 5.91 Å². The van der Waals surface area contributed by atoms with Gasteiger partial charge in [-0.05, 0) is 6.42 Å². The van der Waals surface area contributed by atoms with E-state index in [4.69, 9.17) is 4.74 Å². The molecule has 2 unspecified atom stereocenters. The number of rotatable bonds is 2. The number of nitrogens with one attached hydrogen (secondary N) is 2. The number of carbonyl (C=O) groups is 1. The SMILES string of the molecule is COC1CNCC(NC(=O)C(F)(F)F)C1. The summed E-state index contributed by atoms with van der Waals surface area (Å²) in [7, 11) is 1.49. The summed E-state index contributed by atoms with van der Waals surface area (Å²) in [4.78, 5) is 10.6. The van der Waals surface area contributed by atoms with Crippen LogP contribution < -0.4 is 10.6 Å². The molecular weight excluding hydrogens is 213 g/mol. The van der Waals surface area contributed by atoms with Crippen LogP contribution in [0.2, 0.25) is 0 Å². The lowest BCUT2D eigenvalue weighted by atomic mass is 10.1. The molecule has 0 aliphatic carbocycles. The Kier molecular flexibility index (Phi) is 3.92. The van der Waals surface area contributed by atoms with Crippen molar-refractivity contribution in [3.63, 3.8) is 0 Å². The van der Waals surface area contributed by atoms with Crippen LogP contribution in [0.5, 0.6) is 0 Å². The minimum Gasteiger partial charge on any atom is -0.380 e. The van der Waals surface area contributed by atoms with Gasteiger partial charge in [0.1, 0.15) is 0 Å². The fourth-order valence-corrected chi connectivity index (χ4v) is 1.46. The molecule has 4 nitrogen and oxygen atoms in total. The van der Waals surface area contributed by atoms with Crippen molar-refractivity contribution in [2.24, 2.45) is 0 Å². The Morgan fingerprint density at radius 3 is 2.67 bits per heavy atom. The number of alkyl halides is 3. The Labute approximate surface area is 85.2 Å². The van der Waals surface area contributed by atoms with Crippen LogP contribution in [0.1, 0.15) is 6.42 Å². The topological polar surface area (TPSA) is 50.4 Å². The predicted molar refractivity (Wildman–Crippen MR) is 46.3 cm³/mol. The van der Waals surface area contributed by atoms with Crippen LogP contribution in [0, 0.1) is 0 Å². The van der Waals surface area contributed by atoms with Gasteiger partial charge in [0, 0.05) is 26.2 Å².